The summed E-state index contributed by atoms with van der Waals surface area (Å²) in [6, 6.07) is 72.8. The van der Waals surface area contributed by atoms with Gasteiger partial charge in [0.25, 0.3) is 0 Å². The molecule has 0 N–H and O–H groups in total. The lowest BCUT2D eigenvalue weighted by Crippen LogP contribution is -2.15. The summed E-state index contributed by atoms with van der Waals surface area (Å²) in [5, 5.41) is 5.16. The molecule has 0 saturated carbocycles. The second-order valence-corrected chi connectivity index (χ2v) is 19.3. The van der Waals surface area contributed by atoms with E-state index in [2.05, 4.69) is 242 Å². The van der Waals surface area contributed by atoms with Crippen molar-refractivity contribution in [2.75, 3.05) is 0 Å². The number of fused-ring (bicyclic) bond motifs is 14. The van der Waals surface area contributed by atoms with Crippen LogP contribution in [0.25, 0.3) is 105 Å². The number of para-hydroxylation sites is 2. The first-order valence-corrected chi connectivity index (χ1v) is 23.5. The van der Waals surface area contributed by atoms with Gasteiger partial charge in [-0.25, -0.2) is 0 Å². The minimum atomic E-state index is -0.0578. The normalized spacial score (nSPS) is 16.6. The zero-order valence-corrected chi connectivity index (χ0v) is 37.3. The van der Waals surface area contributed by atoms with Gasteiger partial charge >= 0.3 is 0 Å². The van der Waals surface area contributed by atoms with Crippen molar-refractivity contribution >= 4 is 49.2 Å². The van der Waals surface area contributed by atoms with E-state index in [4.69, 9.17) is 0 Å². The molecule has 1 aliphatic heterocycles. The molecular formula is C64H46N2. The molecule has 3 aliphatic rings. The van der Waals surface area contributed by atoms with Gasteiger partial charge in [-0.15, -0.1) is 0 Å². The van der Waals surface area contributed by atoms with Gasteiger partial charge in [0.15, 0.2) is 0 Å². The molecule has 2 aliphatic carbocycles. The molecule has 0 saturated heterocycles. The first kappa shape index (κ1) is 37.4. The molecule has 0 fully saturated rings. The smallest absolute Gasteiger partial charge is 0.0619 e. The summed E-state index contributed by atoms with van der Waals surface area (Å²) < 4.78 is 5.00. The molecule has 0 radical (unpaired) electrons. The van der Waals surface area contributed by atoms with E-state index < -0.39 is 0 Å². The molecule has 2 nitrogen and oxygen atoms in total. The molecule has 11 aromatic rings. The van der Waals surface area contributed by atoms with Crippen LogP contribution in [0.4, 0.5) is 0 Å². The maximum absolute atomic E-state index is 2.52. The van der Waals surface area contributed by atoms with Crippen LogP contribution >= 0.6 is 0 Å². The summed E-state index contributed by atoms with van der Waals surface area (Å²) in [4.78, 5) is 0. The number of nitrogens with zero attached hydrogens (tertiary/aromatic N) is 2. The lowest BCUT2D eigenvalue weighted by Gasteiger charge is -2.24. The molecule has 2 unspecified atom stereocenters. The van der Waals surface area contributed by atoms with Crippen LogP contribution in [0.1, 0.15) is 48.9 Å². The molecule has 2 atom stereocenters. The number of benzene rings is 9. The van der Waals surface area contributed by atoms with E-state index in [0.717, 1.165) is 0 Å². The standard InChI is InChI=1S/C64H46N2/c1-39-34-41(24-29-46(39)44-27-33-60-55(37-44)51-19-10-12-23-59(51)65(60)45-28-30-50-49-18-9-11-22-57(49)64(2,3)58(50)38-45)43-26-32-62-56(36-43)53-21-13-20-52-47-16-7-8-17-48(47)54-35-42(40-14-5-4-6-15-40)25-31-61(54)66(62)63(52)53/h4-39,46H,1-3H3. The van der Waals surface area contributed by atoms with Crippen LogP contribution in [-0.4, -0.2) is 9.13 Å². The first-order chi connectivity index (χ1) is 32.4. The topological polar surface area (TPSA) is 9.86 Å². The Morgan fingerprint density at radius 2 is 1.09 bits per heavy atom. The predicted octanol–water partition coefficient (Wildman–Crippen LogP) is 16.9. The fraction of sp³-hybridized carbons (Fsp3) is 0.0938. The summed E-state index contributed by atoms with van der Waals surface area (Å²) in [6.45, 7) is 7.11. The van der Waals surface area contributed by atoms with E-state index in [1.807, 2.05) is 0 Å². The van der Waals surface area contributed by atoms with Gasteiger partial charge in [0.05, 0.1) is 27.8 Å². The van der Waals surface area contributed by atoms with Gasteiger partial charge in [0.1, 0.15) is 0 Å². The Bertz CT molecular complexity index is 3920. The van der Waals surface area contributed by atoms with Gasteiger partial charge in [0, 0.05) is 49.7 Å². The molecule has 9 aromatic carbocycles. The van der Waals surface area contributed by atoms with Gasteiger partial charge in [0.2, 0.25) is 0 Å². The van der Waals surface area contributed by atoms with E-state index in [9.17, 15) is 0 Å². The average molecular weight is 843 g/mol. The van der Waals surface area contributed by atoms with Crippen LogP contribution in [0.5, 0.6) is 0 Å². The third kappa shape index (κ3) is 5.24. The average Bonchev–Trinajstić information content (AvgIpc) is 3.92. The molecule has 312 valence electrons. The van der Waals surface area contributed by atoms with Crippen molar-refractivity contribution in [3.05, 3.63) is 235 Å². The van der Waals surface area contributed by atoms with Crippen LogP contribution in [-0.2, 0) is 5.41 Å². The molecule has 0 spiro atoms. The van der Waals surface area contributed by atoms with Crippen LogP contribution in [0.2, 0.25) is 0 Å². The van der Waals surface area contributed by atoms with Gasteiger partial charge in [-0.2, -0.15) is 0 Å². The number of hydrogen-bond acceptors (Lipinski definition) is 0. The quantitative estimate of drug-likeness (QED) is 0.167. The number of aromatic nitrogens is 2. The maximum Gasteiger partial charge on any atom is 0.0619 e. The zero-order valence-electron chi connectivity index (χ0n) is 37.3. The van der Waals surface area contributed by atoms with Crippen molar-refractivity contribution in [3.8, 4) is 55.9 Å². The highest BCUT2D eigenvalue weighted by Crippen LogP contribution is 2.51. The van der Waals surface area contributed by atoms with E-state index in [1.54, 1.807) is 0 Å². The first-order valence-electron chi connectivity index (χ1n) is 23.5. The second kappa shape index (κ2) is 13.8. The largest absolute Gasteiger partial charge is 0.309 e. The Morgan fingerprint density at radius 3 is 1.95 bits per heavy atom. The van der Waals surface area contributed by atoms with Gasteiger partial charge < -0.3 is 9.13 Å². The van der Waals surface area contributed by atoms with Gasteiger partial charge in [-0.1, -0.05) is 179 Å². The lowest BCUT2D eigenvalue weighted by molar-refractivity contribution is 0.638. The van der Waals surface area contributed by atoms with Gasteiger partial charge in [-0.05, 0) is 122 Å². The van der Waals surface area contributed by atoms with E-state index in [-0.39, 0.29) is 11.3 Å². The summed E-state index contributed by atoms with van der Waals surface area (Å²) in [5.41, 5.74) is 24.3. The number of rotatable bonds is 4. The fourth-order valence-corrected chi connectivity index (χ4v) is 12.2. The Balaban J connectivity index is 0.838. The molecule has 14 rings (SSSR count). The number of hydrogen-bond donors (Lipinski definition) is 0. The molecule has 0 bridgehead atoms. The Labute approximate surface area is 385 Å². The maximum atomic E-state index is 2.52. The van der Waals surface area contributed by atoms with Crippen LogP contribution in [0.15, 0.2) is 212 Å². The van der Waals surface area contributed by atoms with Crippen molar-refractivity contribution in [2.24, 2.45) is 5.92 Å². The van der Waals surface area contributed by atoms with Crippen molar-refractivity contribution in [1.82, 2.24) is 9.13 Å². The SMILES string of the molecule is CC1C=C(c2ccc3c(c2)c2cccc4c2n3-c2ccc(-c3ccccc3)cc2-c2ccccc2-4)C=CC1c1ccc2c(c1)c1ccccc1n2-c1ccc2c(c1)C(C)(C)c1ccccc1-2. The van der Waals surface area contributed by atoms with E-state index in [0.29, 0.717) is 5.92 Å². The zero-order chi connectivity index (χ0) is 43.8. The molecular weight excluding hydrogens is 797 g/mol. The lowest BCUT2D eigenvalue weighted by atomic mass is 9.80. The highest BCUT2D eigenvalue weighted by atomic mass is 15.0. The van der Waals surface area contributed by atoms with E-state index in [1.165, 1.54) is 127 Å². The Morgan fingerprint density at radius 1 is 0.424 bits per heavy atom. The molecule has 2 heteroatoms. The van der Waals surface area contributed by atoms with Crippen LogP contribution < -0.4 is 0 Å². The molecule has 0 amide bonds. The van der Waals surface area contributed by atoms with E-state index >= 15 is 0 Å². The van der Waals surface area contributed by atoms with Crippen LogP contribution in [0, 0.1) is 5.92 Å². The third-order valence-corrected chi connectivity index (χ3v) is 15.4. The summed E-state index contributed by atoms with van der Waals surface area (Å²) in [5.74, 6) is 0.579. The monoisotopic (exact) mass is 842 g/mol. The fourth-order valence-electron chi connectivity index (χ4n) is 12.2. The summed E-state index contributed by atoms with van der Waals surface area (Å²) >= 11 is 0. The highest BCUT2D eigenvalue weighted by Gasteiger charge is 2.35. The molecule has 2 aromatic heterocycles. The second-order valence-electron chi connectivity index (χ2n) is 19.3. The molecule has 3 heterocycles. The molecule has 66 heavy (non-hydrogen) atoms. The van der Waals surface area contributed by atoms with Crippen molar-refractivity contribution in [1.29, 1.82) is 0 Å². The Hall–Kier alpha value is -7.94. The van der Waals surface area contributed by atoms with Crippen molar-refractivity contribution in [2.45, 2.75) is 32.1 Å². The van der Waals surface area contributed by atoms with Crippen LogP contribution in [0.3, 0.4) is 0 Å². The third-order valence-electron chi connectivity index (χ3n) is 15.4. The predicted molar refractivity (Wildman–Crippen MR) is 278 cm³/mol. The van der Waals surface area contributed by atoms with Crippen molar-refractivity contribution in [3.63, 3.8) is 0 Å². The minimum absolute atomic E-state index is 0.0578. The number of allylic oxidation sites excluding steroid dienone is 4. The van der Waals surface area contributed by atoms with Crippen molar-refractivity contribution < 1.29 is 0 Å². The highest BCUT2D eigenvalue weighted by molar-refractivity contribution is 6.17. The Kier molecular flexibility index (Phi) is 7.82. The summed E-state index contributed by atoms with van der Waals surface area (Å²) in [6.07, 6.45) is 7.31. The minimum Gasteiger partial charge on any atom is -0.309 e. The summed E-state index contributed by atoms with van der Waals surface area (Å²) in [7, 11) is 0. The van der Waals surface area contributed by atoms with Gasteiger partial charge in [-0.3, -0.25) is 0 Å².